The van der Waals surface area contributed by atoms with Crippen molar-refractivity contribution in [3.05, 3.63) is 71.8 Å². The number of carbonyl (C=O) groups is 1. The first kappa shape index (κ1) is 19.0. The molecule has 1 N–H and O–H groups in total. The molecule has 0 radical (unpaired) electrons. The molecule has 0 bridgehead atoms. The van der Waals surface area contributed by atoms with Crippen LogP contribution in [0, 0.1) is 0 Å². The molecule has 124 valence electrons. The number of amides is 1. The third-order valence-corrected chi connectivity index (χ3v) is 3.29. The molecule has 0 saturated carbocycles. The number of aryl methyl sites for hydroxylation is 1. The van der Waals surface area contributed by atoms with E-state index in [0.717, 1.165) is 19.3 Å². The molecular weight excluding hydrogens is 282 g/mol. The Morgan fingerprint density at radius 3 is 1.83 bits per heavy atom. The molecule has 0 saturated heterocycles. The molecule has 2 aromatic rings. The van der Waals surface area contributed by atoms with Gasteiger partial charge in [-0.25, -0.2) is 0 Å². The Kier molecular flexibility index (Phi) is 10.3. The Labute approximate surface area is 140 Å². The zero-order valence-electron chi connectivity index (χ0n) is 14.4. The van der Waals surface area contributed by atoms with Crippen LogP contribution in [0.1, 0.15) is 44.2 Å². The van der Waals surface area contributed by atoms with Crippen LogP contribution in [0.15, 0.2) is 60.7 Å². The summed E-state index contributed by atoms with van der Waals surface area (Å²) in [5.41, 5.74) is 2.56. The maximum atomic E-state index is 11.7. The number of nitrogens with one attached hydrogen (secondary N) is 1. The van der Waals surface area contributed by atoms with Gasteiger partial charge in [0.05, 0.1) is 0 Å². The fraction of sp³-hybridized carbons (Fsp3) is 0.381. The predicted molar refractivity (Wildman–Crippen MR) is 98.5 cm³/mol. The quantitative estimate of drug-likeness (QED) is 0.783. The van der Waals surface area contributed by atoms with Crippen molar-refractivity contribution in [3.63, 3.8) is 0 Å². The molecule has 0 spiro atoms. The summed E-state index contributed by atoms with van der Waals surface area (Å²) in [6.07, 6.45) is 4.61. The number of benzene rings is 2. The van der Waals surface area contributed by atoms with E-state index in [2.05, 4.69) is 43.4 Å². The number of hydrogen-bond acceptors (Lipinski definition) is 1. The van der Waals surface area contributed by atoms with Gasteiger partial charge in [0.25, 0.3) is 0 Å². The lowest BCUT2D eigenvalue weighted by atomic mass is 10.1. The molecule has 0 aliphatic rings. The van der Waals surface area contributed by atoms with Gasteiger partial charge in [0.2, 0.25) is 5.91 Å². The van der Waals surface area contributed by atoms with E-state index in [9.17, 15) is 4.79 Å². The maximum absolute atomic E-state index is 11.7. The molecule has 0 heterocycles. The van der Waals surface area contributed by atoms with E-state index in [1.54, 1.807) is 0 Å². The van der Waals surface area contributed by atoms with Crippen LogP contribution in [-0.2, 0) is 17.6 Å². The zero-order valence-corrected chi connectivity index (χ0v) is 14.4. The summed E-state index contributed by atoms with van der Waals surface area (Å²) in [6, 6.07) is 20.5. The van der Waals surface area contributed by atoms with Crippen LogP contribution in [0.4, 0.5) is 0 Å². The molecule has 1 amide bonds. The van der Waals surface area contributed by atoms with Gasteiger partial charge in [-0.05, 0) is 30.4 Å². The third kappa shape index (κ3) is 9.51. The molecule has 23 heavy (non-hydrogen) atoms. The Hall–Kier alpha value is -2.09. The van der Waals surface area contributed by atoms with Gasteiger partial charge in [0.15, 0.2) is 0 Å². The van der Waals surface area contributed by atoms with E-state index in [0.29, 0.717) is 13.0 Å². The average molecular weight is 311 g/mol. The van der Waals surface area contributed by atoms with E-state index in [1.165, 1.54) is 17.5 Å². The molecule has 0 aliphatic heterocycles. The molecular formula is C21H29NO. The highest BCUT2D eigenvalue weighted by Gasteiger charge is 2.01. The first-order valence-electron chi connectivity index (χ1n) is 8.60. The second-order valence-electron chi connectivity index (χ2n) is 5.63. The summed E-state index contributed by atoms with van der Waals surface area (Å²) in [7, 11) is 0. The van der Waals surface area contributed by atoms with Crippen LogP contribution in [0.5, 0.6) is 0 Å². The average Bonchev–Trinajstić information content (AvgIpc) is 2.57. The minimum absolute atomic E-state index is 0.150. The van der Waals surface area contributed by atoms with Crippen molar-refractivity contribution in [2.24, 2.45) is 0 Å². The van der Waals surface area contributed by atoms with Crippen molar-refractivity contribution in [3.8, 4) is 0 Å². The number of rotatable bonds is 7. The lowest BCUT2D eigenvalue weighted by molar-refractivity contribution is -0.121. The normalized spacial score (nSPS) is 9.65. The van der Waals surface area contributed by atoms with Gasteiger partial charge in [0.1, 0.15) is 0 Å². The van der Waals surface area contributed by atoms with Crippen molar-refractivity contribution in [1.82, 2.24) is 5.32 Å². The van der Waals surface area contributed by atoms with Crippen molar-refractivity contribution in [2.45, 2.75) is 46.0 Å². The third-order valence-electron chi connectivity index (χ3n) is 3.29. The molecule has 0 aliphatic carbocycles. The number of carbonyl (C=O) groups excluding carboxylic acids is 1. The first-order valence-corrected chi connectivity index (χ1v) is 8.60. The van der Waals surface area contributed by atoms with Crippen molar-refractivity contribution in [1.29, 1.82) is 0 Å². The highest BCUT2D eigenvalue weighted by atomic mass is 16.1. The second kappa shape index (κ2) is 12.5. The maximum Gasteiger partial charge on any atom is 0.220 e. The zero-order chi connectivity index (χ0) is 16.8. The van der Waals surface area contributed by atoms with Gasteiger partial charge in [0, 0.05) is 13.0 Å². The van der Waals surface area contributed by atoms with E-state index >= 15 is 0 Å². The molecule has 2 nitrogen and oxygen atoms in total. The molecule has 0 atom stereocenters. The van der Waals surface area contributed by atoms with Gasteiger partial charge in [-0.15, -0.1) is 0 Å². The fourth-order valence-corrected chi connectivity index (χ4v) is 2.18. The number of hydrogen-bond donors (Lipinski definition) is 1. The van der Waals surface area contributed by atoms with Crippen LogP contribution in [-0.4, -0.2) is 12.5 Å². The van der Waals surface area contributed by atoms with Crippen molar-refractivity contribution in [2.75, 3.05) is 6.54 Å². The Bertz CT molecular complexity index is 475. The van der Waals surface area contributed by atoms with Crippen LogP contribution < -0.4 is 5.32 Å². The highest BCUT2D eigenvalue weighted by molar-refractivity contribution is 5.75. The van der Waals surface area contributed by atoms with E-state index in [-0.39, 0.29) is 5.91 Å². The van der Waals surface area contributed by atoms with Crippen LogP contribution in [0.25, 0.3) is 0 Å². The van der Waals surface area contributed by atoms with Crippen molar-refractivity contribution < 1.29 is 4.79 Å². The molecule has 0 aromatic heterocycles. The standard InChI is InChI=1S/C18H21NO.C3H8/c20-18(13-7-12-16-8-3-1-4-9-16)19-15-14-17-10-5-2-6-11-17;1-3-2/h1-6,8-11H,7,12-15H2,(H,19,20);3H2,1-2H3. The molecule has 2 aromatic carbocycles. The SMILES string of the molecule is CCC.O=C(CCCc1ccccc1)NCCc1ccccc1. The van der Waals surface area contributed by atoms with E-state index in [1.807, 2.05) is 36.4 Å². The summed E-state index contributed by atoms with van der Waals surface area (Å²) in [5, 5.41) is 2.98. The lowest BCUT2D eigenvalue weighted by Gasteiger charge is -2.05. The largest absolute Gasteiger partial charge is 0.356 e. The molecule has 2 rings (SSSR count). The van der Waals surface area contributed by atoms with Gasteiger partial charge >= 0.3 is 0 Å². The van der Waals surface area contributed by atoms with E-state index in [4.69, 9.17) is 0 Å². The fourth-order valence-electron chi connectivity index (χ4n) is 2.18. The summed E-state index contributed by atoms with van der Waals surface area (Å²) in [5.74, 6) is 0.150. The van der Waals surface area contributed by atoms with Gasteiger partial charge in [-0.2, -0.15) is 0 Å². The molecule has 0 fully saturated rings. The van der Waals surface area contributed by atoms with Gasteiger partial charge < -0.3 is 5.32 Å². The topological polar surface area (TPSA) is 29.1 Å². The smallest absolute Gasteiger partial charge is 0.220 e. The van der Waals surface area contributed by atoms with Gasteiger partial charge in [-0.3, -0.25) is 4.79 Å². The van der Waals surface area contributed by atoms with Gasteiger partial charge in [-0.1, -0.05) is 80.9 Å². The molecule has 2 heteroatoms. The predicted octanol–water partition coefficient (Wildman–Crippen LogP) is 4.78. The summed E-state index contributed by atoms with van der Waals surface area (Å²) in [4.78, 5) is 11.7. The lowest BCUT2D eigenvalue weighted by Crippen LogP contribution is -2.25. The summed E-state index contributed by atoms with van der Waals surface area (Å²) >= 11 is 0. The monoisotopic (exact) mass is 311 g/mol. The minimum atomic E-state index is 0.150. The minimum Gasteiger partial charge on any atom is -0.356 e. The van der Waals surface area contributed by atoms with Crippen LogP contribution in [0.2, 0.25) is 0 Å². The summed E-state index contributed by atoms with van der Waals surface area (Å²) < 4.78 is 0. The van der Waals surface area contributed by atoms with Crippen LogP contribution in [0.3, 0.4) is 0 Å². The Morgan fingerprint density at radius 1 is 0.826 bits per heavy atom. The second-order valence-corrected chi connectivity index (χ2v) is 5.63. The van der Waals surface area contributed by atoms with E-state index < -0.39 is 0 Å². The molecule has 0 unspecified atom stereocenters. The summed E-state index contributed by atoms with van der Waals surface area (Å²) in [6.45, 7) is 4.97. The van der Waals surface area contributed by atoms with Crippen LogP contribution >= 0.6 is 0 Å². The van der Waals surface area contributed by atoms with Crippen molar-refractivity contribution >= 4 is 5.91 Å². The Morgan fingerprint density at radius 2 is 1.30 bits per heavy atom. The Balaban J connectivity index is 0.000000816. The first-order chi connectivity index (χ1) is 11.3. The highest BCUT2D eigenvalue weighted by Crippen LogP contribution is 2.04.